The molecule has 0 saturated heterocycles. The summed E-state index contributed by atoms with van der Waals surface area (Å²) < 4.78 is 0. The standard InChI is InChI=1S/C16H31Br/c1-14(2)16(17)15-12-10-8-6-4-3-5-7-9-11-13-15/h14-16H,3-13H2,1-2H3. The topological polar surface area (TPSA) is 0 Å². The molecule has 0 spiro atoms. The van der Waals surface area contributed by atoms with E-state index in [9.17, 15) is 0 Å². The van der Waals surface area contributed by atoms with Gasteiger partial charge in [-0.25, -0.2) is 0 Å². The molecule has 0 N–H and O–H groups in total. The summed E-state index contributed by atoms with van der Waals surface area (Å²) in [5.41, 5.74) is 0. The third kappa shape index (κ3) is 6.84. The van der Waals surface area contributed by atoms with Crippen LogP contribution in [0.1, 0.15) is 84.5 Å². The fraction of sp³-hybridized carbons (Fsp3) is 1.00. The maximum atomic E-state index is 3.94. The van der Waals surface area contributed by atoms with Gasteiger partial charge >= 0.3 is 0 Å². The van der Waals surface area contributed by atoms with Crippen molar-refractivity contribution in [3.63, 3.8) is 0 Å². The molecule has 17 heavy (non-hydrogen) atoms. The highest BCUT2D eigenvalue weighted by Gasteiger charge is 2.21. The molecule has 102 valence electrons. The Hall–Kier alpha value is 0.480. The lowest BCUT2D eigenvalue weighted by Gasteiger charge is -2.26. The zero-order valence-corrected chi connectivity index (χ0v) is 13.5. The van der Waals surface area contributed by atoms with E-state index in [1.807, 2.05) is 0 Å². The normalized spacial score (nSPS) is 24.0. The van der Waals surface area contributed by atoms with Gasteiger partial charge in [-0.3, -0.25) is 0 Å². The maximum Gasteiger partial charge on any atom is 0.0197 e. The van der Waals surface area contributed by atoms with Gasteiger partial charge in [0.15, 0.2) is 0 Å². The Labute approximate surface area is 117 Å². The molecule has 1 heteroatoms. The third-order valence-corrected chi connectivity index (χ3v) is 6.04. The first-order chi connectivity index (χ1) is 8.22. The lowest BCUT2D eigenvalue weighted by atomic mass is 9.87. The second kappa shape index (κ2) is 9.42. The van der Waals surface area contributed by atoms with Crippen LogP contribution in [0, 0.1) is 11.8 Å². The van der Waals surface area contributed by atoms with Crippen molar-refractivity contribution in [3.05, 3.63) is 0 Å². The summed E-state index contributed by atoms with van der Waals surface area (Å²) in [6.45, 7) is 4.71. The van der Waals surface area contributed by atoms with Gasteiger partial charge < -0.3 is 0 Å². The fourth-order valence-corrected chi connectivity index (χ4v) is 3.59. The van der Waals surface area contributed by atoms with Crippen molar-refractivity contribution >= 4 is 15.9 Å². The average molecular weight is 303 g/mol. The lowest BCUT2D eigenvalue weighted by Crippen LogP contribution is -2.20. The molecular formula is C16H31Br. The number of hydrogen-bond acceptors (Lipinski definition) is 0. The van der Waals surface area contributed by atoms with Crippen LogP contribution in [0.4, 0.5) is 0 Å². The van der Waals surface area contributed by atoms with Crippen LogP contribution in [0.25, 0.3) is 0 Å². The van der Waals surface area contributed by atoms with E-state index in [0.717, 1.165) is 16.7 Å². The molecule has 1 aliphatic carbocycles. The zero-order valence-electron chi connectivity index (χ0n) is 11.9. The van der Waals surface area contributed by atoms with Crippen LogP contribution in [0.15, 0.2) is 0 Å². The molecule has 1 rings (SSSR count). The van der Waals surface area contributed by atoms with E-state index < -0.39 is 0 Å². The molecule has 1 aliphatic rings. The van der Waals surface area contributed by atoms with Crippen molar-refractivity contribution in [2.75, 3.05) is 0 Å². The predicted molar refractivity (Wildman–Crippen MR) is 81.8 cm³/mol. The Balaban J connectivity index is 2.37. The minimum absolute atomic E-state index is 0.741. The van der Waals surface area contributed by atoms with Crippen molar-refractivity contribution in [3.8, 4) is 0 Å². The Morgan fingerprint density at radius 2 is 1.06 bits per heavy atom. The second-order valence-corrected chi connectivity index (χ2v) is 7.27. The summed E-state index contributed by atoms with van der Waals surface area (Å²) in [5.74, 6) is 1.71. The monoisotopic (exact) mass is 302 g/mol. The van der Waals surface area contributed by atoms with Gasteiger partial charge in [-0.15, -0.1) is 0 Å². The largest absolute Gasteiger partial charge is 0.0885 e. The van der Waals surface area contributed by atoms with Gasteiger partial charge in [0.1, 0.15) is 0 Å². The van der Waals surface area contributed by atoms with E-state index in [4.69, 9.17) is 0 Å². The fourth-order valence-electron chi connectivity index (χ4n) is 3.06. The van der Waals surface area contributed by atoms with Gasteiger partial charge in [0.2, 0.25) is 0 Å². The quantitative estimate of drug-likeness (QED) is 0.523. The van der Waals surface area contributed by atoms with Crippen LogP contribution < -0.4 is 0 Å². The summed E-state index contributed by atoms with van der Waals surface area (Å²) >= 11 is 3.94. The first-order valence-electron chi connectivity index (χ1n) is 7.86. The molecule has 0 bridgehead atoms. The molecule has 0 heterocycles. The Morgan fingerprint density at radius 3 is 1.41 bits per heavy atom. The highest BCUT2D eigenvalue weighted by molar-refractivity contribution is 9.09. The average Bonchev–Trinajstić information content (AvgIpc) is 2.29. The number of alkyl halides is 1. The van der Waals surface area contributed by atoms with E-state index >= 15 is 0 Å². The minimum atomic E-state index is 0.741. The van der Waals surface area contributed by atoms with Gasteiger partial charge in [0, 0.05) is 4.83 Å². The molecule has 0 aromatic carbocycles. The molecule has 0 nitrogen and oxygen atoms in total. The summed E-state index contributed by atoms with van der Waals surface area (Å²) in [5, 5.41) is 0. The number of halogens is 1. The number of hydrogen-bond donors (Lipinski definition) is 0. The van der Waals surface area contributed by atoms with E-state index in [0.29, 0.717) is 0 Å². The van der Waals surface area contributed by atoms with Crippen LogP contribution in [0.2, 0.25) is 0 Å². The summed E-state index contributed by atoms with van der Waals surface area (Å²) in [4.78, 5) is 0.741. The van der Waals surface area contributed by atoms with Gasteiger partial charge in [0.05, 0.1) is 0 Å². The Bertz CT molecular complexity index is 164. The molecule has 1 unspecified atom stereocenters. The van der Waals surface area contributed by atoms with E-state index in [1.54, 1.807) is 0 Å². The Morgan fingerprint density at radius 1 is 0.706 bits per heavy atom. The predicted octanol–water partition coefficient (Wildman–Crippen LogP) is 6.33. The molecule has 1 atom stereocenters. The van der Waals surface area contributed by atoms with Crippen LogP contribution in [-0.2, 0) is 0 Å². The molecule has 0 aromatic rings. The molecule has 0 aromatic heterocycles. The SMILES string of the molecule is CC(C)C(Br)C1CCCCCCCCCCC1. The van der Waals surface area contributed by atoms with Crippen molar-refractivity contribution in [2.45, 2.75) is 89.3 Å². The van der Waals surface area contributed by atoms with Crippen molar-refractivity contribution < 1.29 is 0 Å². The van der Waals surface area contributed by atoms with Crippen molar-refractivity contribution in [1.29, 1.82) is 0 Å². The van der Waals surface area contributed by atoms with Gasteiger partial charge in [0.25, 0.3) is 0 Å². The second-order valence-electron chi connectivity index (χ2n) is 6.21. The van der Waals surface area contributed by atoms with Crippen molar-refractivity contribution in [1.82, 2.24) is 0 Å². The molecule has 0 amide bonds. The van der Waals surface area contributed by atoms with E-state index in [2.05, 4.69) is 29.8 Å². The lowest BCUT2D eigenvalue weighted by molar-refractivity contribution is 0.350. The van der Waals surface area contributed by atoms with Gasteiger partial charge in [-0.2, -0.15) is 0 Å². The molecular weight excluding hydrogens is 272 g/mol. The zero-order chi connectivity index (χ0) is 12.5. The van der Waals surface area contributed by atoms with Crippen LogP contribution >= 0.6 is 15.9 Å². The number of rotatable bonds is 2. The highest BCUT2D eigenvalue weighted by Crippen LogP contribution is 2.31. The third-order valence-electron chi connectivity index (χ3n) is 4.24. The van der Waals surface area contributed by atoms with Gasteiger partial charge in [-0.05, 0) is 24.7 Å². The van der Waals surface area contributed by atoms with E-state index in [-0.39, 0.29) is 0 Å². The van der Waals surface area contributed by atoms with Crippen LogP contribution in [0.3, 0.4) is 0 Å². The summed E-state index contributed by atoms with van der Waals surface area (Å²) in [7, 11) is 0. The van der Waals surface area contributed by atoms with E-state index in [1.165, 1.54) is 70.6 Å². The van der Waals surface area contributed by atoms with Crippen LogP contribution in [-0.4, -0.2) is 4.83 Å². The first-order valence-corrected chi connectivity index (χ1v) is 8.77. The highest BCUT2D eigenvalue weighted by atomic mass is 79.9. The molecule has 0 radical (unpaired) electrons. The summed E-state index contributed by atoms with van der Waals surface area (Å²) in [6.07, 6.45) is 16.1. The van der Waals surface area contributed by atoms with Gasteiger partial charge in [-0.1, -0.05) is 87.6 Å². The maximum absolute atomic E-state index is 3.94. The minimum Gasteiger partial charge on any atom is -0.0885 e. The summed E-state index contributed by atoms with van der Waals surface area (Å²) in [6, 6.07) is 0. The Kier molecular flexibility index (Phi) is 8.61. The molecule has 1 fully saturated rings. The molecule has 0 aliphatic heterocycles. The first kappa shape index (κ1) is 15.5. The van der Waals surface area contributed by atoms with Crippen LogP contribution in [0.5, 0.6) is 0 Å². The smallest absolute Gasteiger partial charge is 0.0197 e. The molecule has 1 saturated carbocycles. The van der Waals surface area contributed by atoms with Crippen molar-refractivity contribution in [2.24, 2.45) is 11.8 Å².